The third kappa shape index (κ3) is 5.38. The van der Waals surface area contributed by atoms with Gasteiger partial charge in [0.15, 0.2) is 0 Å². The highest BCUT2D eigenvalue weighted by Gasteiger charge is 2.22. The van der Waals surface area contributed by atoms with E-state index in [-0.39, 0.29) is 0 Å². The SMILES string of the molecule is Brc1ccc(-c2nnc(CN3CCC(CCN4CCOCC4)CC3)o2)cc1. The first-order valence-corrected chi connectivity index (χ1v) is 10.7. The van der Waals surface area contributed by atoms with Crippen LogP contribution in [-0.2, 0) is 11.3 Å². The molecule has 0 N–H and O–H groups in total. The third-order valence-corrected chi connectivity index (χ3v) is 6.11. The Morgan fingerprint density at radius 2 is 1.70 bits per heavy atom. The van der Waals surface area contributed by atoms with Crippen molar-refractivity contribution in [3.05, 3.63) is 34.6 Å². The molecule has 2 aromatic rings. The van der Waals surface area contributed by atoms with Gasteiger partial charge in [-0.05, 0) is 69.1 Å². The summed E-state index contributed by atoms with van der Waals surface area (Å²) in [5.74, 6) is 2.14. The van der Waals surface area contributed by atoms with Crippen LogP contribution in [0.2, 0.25) is 0 Å². The molecular weight excluding hydrogens is 408 g/mol. The Bertz CT molecular complexity index is 707. The molecule has 146 valence electrons. The second kappa shape index (κ2) is 9.28. The number of likely N-dealkylation sites (tertiary alicyclic amines) is 1. The van der Waals surface area contributed by atoms with Crippen molar-refractivity contribution in [2.24, 2.45) is 5.92 Å². The molecule has 2 saturated heterocycles. The van der Waals surface area contributed by atoms with E-state index in [1.165, 1.54) is 25.8 Å². The van der Waals surface area contributed by atoms with E-state index in [4.69, 9.17) is 9.15 Å². The van der Waals surface area contributed by atoms with Crippen LogP contribution in [0.25, 0.3) is 11.5 Å². The molecule has 0 spiro atoms. The number of aromatic nitrogens is 2. The fourth-order valence-corrected chi connectivity index (χ4v) is 4.11. The highest BCUT2D eigenvalue weighted by Crippen LogP contribution is 2.24. The molecule has 1 aromatic carbocycles. The van der Waals surface area contributed by atoms with E-state index in [1.54, 1.807) is 0 Å². The molecule has 0 saturated carbocycles. The summed E-state index contributed by atoms with van der Waals surface area (Å²) in [6, 6.07) is 7.95. The summed E-state index contributed by atoms with van der Waals surface area (Å²) >= 11 is 3.45. The lowest BCUT2D eigenvalue weighted by molar-refractivity contribution is 0.0333. The van der Waals surface area contributed by atoms with Gasteiger partial charge in [-0.1, -0.05) is 15.9 Å². The summed E-state index contributed by atoms with van der Waals surface area (Å²) in [7, 11) is 0. The molecule has 4 rings (SSSR count). The predicted molar refractivity (Wildman–Crippen MR) is 107 cm³/mol. The lowest BCUT2D eigenvalue weighted by Gasteiger charge is -2.33. The van der Waals surface area contributed by atoms with E-state index >= 15 is 0 Å². The number of hydrogen-bond donors (Lipinski definition) is 0. The average Bonchev–Trinajstić information content (AvgIpc) is 3.17. The first-order valence-electron chi connectivity index (χ1n) is 9.87. The quantitative estimate of drug-likeness (QED) is 0.693. The molecule has 0 atom stereocenters. The molecule has 3 heterocycles. The molecule has 0 amide bonds. The van der Waals surface area contributed by atoms with E-state index in [1.807, 2.05) is 24.3 Å². The maximum Gasteiger partial charge on any atom is 0.247 e. The first kappa shape index (κ1) is 19.1. The second-order valence-electron chi connectivity index (χ2n) is 7.47. The first-order chi connectivity index (χ1) is 13.3. The molecule has 0 aliphatic carbocycles. The maximum absolute atomic E-state index is 5.87. The molecule has 2 fully saturated rings. The van der Waals surface area contributed by atoms with Crippen molar-refractivity contribution in [2.75, 3.05) is 45.9 Å². The van der Waals surface area contributed by atoms with E-state index in [9.17, 15) is 0 Å². The summed E-state index contributed by atoms with van der Waals surface area (Å²) in [6.07, 6.45) is 3.83. The Balaban J connectivity index is 1.22. The van der Waals surface area contributed by atoms with Crippen LogP contribution in [-0.4, -0.2) is 65.9 Å². The molecule has 7 heteroatoms. The van der Waals surface area contributed by atoms with Crippen LogP contribution >= 0.6 is 15.9 Å². The van der Waals surface area contributed by atoms with Gasteiger partial charge in [0.1, 0.15) is 0 Å². The van der Waals surface area contributed by atoms with E-state index in [0.29, 0.717) is 11.8 Å². The molecule has 0 radical (unpaired) electrons. The fraction of sp³-hybridized carbons (Fsp3) is 0.600. The van der Waals surface area contributed by atoms with Gasteiger partial charge in [-0.2, -0.15) is 0 Å². The van der Waals surface area contributed by atoms with Crippen LogP contribution in [0.5, 0.6) is 0 Å². The molecule has 2 aliphatic rings. The van der Waals surface area contributed by atoms with Gasteiger partial charge in [0.05, 0.1) is 19.8 Å². The van der Waals surface area contributed by atoms with Gasteiger partial charge in [0.2, 0.25) is 11.8 Å². The highest BCUT2D eigenvalue weighted by atomic mass is 79.9. The summed E-state index contributed by atoms with van der Waals surface area (Å²) in [5.41, 5.74) is 0.957. The number of morpholine rings is 1. The summed E-state index contributed by atoms with van der Waals surface area (Å²) in [5, 5.41) is 8.44. The summed E-state index contributed by atoms with van der Waals surface area (Å²) in [4.78, 5) is 4.97. The van der Waals surface area contributed by atoms with Crippen LogP contribution in [0.1, 0.15) is 25.2 Å². The lowest BCUT2D eigenvalue weighted by atomic mass is 9.93. The smallest absolute Gasteiger partial charge is 0.247 e. The minimum atomic E-state index is 0.595. The maximum atomic E-state index is 5.87. The van der Waals surface area contributed by atoms with Crippen molar-refractivity contribution in [1.29, 1.82) is 0 Å². The third-order valence-electron chi connectivity index (χ3n) is 5.58. The Morgan fingerprint density at radius 1 is 0.963 bits per heavy atom. The van der Waals surface area contributed by atoms with Gasteiger partial charge in [-0.15, -0.1) is 10.2 Å². The Morgan fingerprint density at radius 3 is 2.44 bits per heavy atom. The monoisotopic (exact) mass is 434 g/mol. The van der Waals surface area contributed by atoms with E-state index in [0.717, 1.165) is 61.9 Å². The van der Waals surface area contributed by atoms with Gasteiger partial charge >= 0.3 is 0 Å². The molecule has 0 unspecified atom stereocenters. The number of ether oxygens (including phenoxy) is 1. The Labute approximate surface area is 169 Å². The van der Waals surface area contributed by atoms with Gasteiger partial charge in [-0.25, -0.2) is 0 Å². The standard InChI is InChI=1S/C20H27BrN4O2/c21-18-3-1-17(2-4-18)20-23-22-19(27-20)15-25-9-6-16(7-10-25)5-8-24-11-13-26-14-12-24/h1-4,16H,5-15H2. The van der Waals surface area contributed by atoms with Crippen molar-refractivity contribution < 1.29 is 9.15 Å². The minimum absolute atomic E-state index is 0.595. The van der Waals surface area contributed by atoms with Gasteiger partial charge in [0, 0.05) is 23.1 Å². The second-order valence-corrected chi connectivity index (χ2v) is 8.39. The average molecular weight is 435 g/mol. The van der Waals surface area contributed by atoms with E-state index < -0.39 is 0 Å². The Kier molecular flexibility index (Phi) is 6.55. The van der Waals surface area contributed by atoms with Crippen LogP contribution in [0.3, 0.4) is 0 Å². The van der Waals surface area contributed by atoms with Gasteiger partial charge in [-0.3, -0.25) is 9.80 Å². The molecule has 0 bridgehead atoms. The molecular formula is C20H27BrN4O2. The number of piperidine rings is 1. The lowest BCUT2D eigenvalue weighted by Crippen LogP contribution is -2.39. The highest BCUT2D eigenvalue weighted by molar-refractivity contribution is 9.10. The van der Waals surface area contributed by atoms with Crippen molar-refractivity contribution in [2.45, 2.75) is 25.8 Å². The van der Waals surface area contributed by atoms with Crippen molar-refractivity contribution in [3.8, 4) is 11.5 Å². The number of hydrogen-bond acceptors (Lipinski definition) is 6. The molecule has 27 heavy (non-hydrogen) atoms. The largest absolute Gasteiger partial charge is 0.419 e. The summed E-state index contributed by atoms with van der Waals surface area (Å²) in [6.45, 7) is 8.17. The minimum Gasteiger partial charge on any atom is -0.419 e. The van der Waals surface area contributed by atoms with E-state index in [2.05, 4.69) is 35.9 Å². The van der Waals surface area contributed by atoms with Crippen molar-refractivity contribution in [3.63, 3.8) is 0 Å². The number of benzene rings is 1. The molecule has 1 aromatic heterocycles. The van der Waals surface area contributed by atoms with Gasteiger partial charge in [0.25, 0.3) is 0 Å². The molecule has 6 nitrogen and oxygen atoms in total. The number of rotatable bonds is 6. The predicted octanol–water partition coefficient (Wildman–Crippen LogP) is 3.43. The zero-order chi connectivity index (χ0) is 18.5. The zero-order valence-corrected chi connectivity index (χ0v) is 17.2. The van der Waals surface area contributed by atoms with Crippen molar-refractivity contribution >= 4 is 15.9 Å². The fourth-order valence-electron chi connectivity index (χ4n) is 3.84. The van der Waals surface area contributed by atoms with Crippen LogP contribution in [0, 0.1) is 5.92 Å². The zero-order valence-electron chi connectivity index (χ0n) is 15.6. The van der Waals surface area contributed by atoms with Gasteiger partial charge < -0.3 is 9.15 Å². The summed E-state index contributed by atoms with van der Waals surface area (Å²) < 4.78 is 12.3. The molecule has 2 aliphatic heterocycles. The van der Waals surface area contributed by atoms with Crippen LogP contribution in [0.15, 0.2) is 33.2 Å². The normalized spacial score (nSPS) is 20.2. The van der Waals surface area contributed by atoms with Crippen LogP contribution in [0.4, 0.5) is 0 Å². The van der Waals surface area contributed by atoms with Crippen molar-refractivity contribution in [1.82, 2.24) is 20.0 Å². The Hall–Kier alpha value is -1.28. The number of halogens is 1. The number of nitrogens with zero attached hydrogens (tertiary/aromatic N) is 4. The topological polar surface area (TPSA) is 54.6 Å². The van der Waals surface area contributed by atoms with Crippen LogP contribution < -0.4 is 0 Å².